The van der Waals surface area contributed by atoms with Crippen LogP contribution in [0.25, 0.3) is 0 Å². The van der Waals surface area contributed by atoms with E-state index in [-0.39, 0.29) is 6.61 Å². The van der Waals surface area contributed by atoms with Crippen LogP contribution in [0.5, 0.6) is 0 Å². The fourth-order valence-electron chi connectivity index (χ4n) is 6.35. The second-order valence-electron chi connectivity index (χ2n) is 14.3. The number of rotatable bonds is 32. The lowest BCUT2D eigenvalue weighted by atomic mass is 10.1. The van der Waals surface area contributed by atoms with Gasteiger partial charge in [-0.25, -0.2) is 0 Å². The molecule has 0 spiro atoms. The minimum Gasteiger partial charge on any atom is -0.790 e. The summed E-state index contributed by atoms with van der Waals surface area (Å²) < 4.78 is 16.9. The fourth-order valence-corrected chi connectivity index (χ4v) is 6.70. The van der Waals surface area contributed by atoms with Crippen molar-refractivity contribution in [3.8, 4) is 0 Å². The zero-order chi connectivity index (χ0) is 36.1. The highest BCUT2D eigenvalue weighted by Crippen LogP contribution is 2.24. The molecule has 0 aliphatic carbocycles. The van der Waals surface area contributed by atoms with E-state index in [0.717, 1.165) is 12.8 Å². The first-order valence-electron chi connectivity index (χ1n) is 20.9. The number of phosphoric acid groups is 1. The SMILES string of the molecule is CCCCCCCCOP(=O)([O-])[O-].CCCC[N+](CCCC)(CCCC)CCCC.CCCC[N+](CCCC)(CCCC)CCCC. The summed E-state index contributed by atoms with van der Waals surface area (Å²) >= 11 is 0. The highest BCUT2D eigenvalue weighted by molar-refractivity contribution is 7.43. The summed E-state index contributed by atoms with van der Waals surface area (Å²) in [5, 5.41) is 0. The Bertz CT molecular complexity index is 533. The van der Waals surface area contributed by atoms with Gasteiger partial charge in [-0.05, 0) is 57.8 Å². The Morgan fingerprint density at radius 2 is 0.574 bits per heavy atom. The first kappa shape index (κ1) is 51.4. The Labute approximate surface area is 297 Å². The molecule has 288 valence electrons. The van der Waals surface area contributed by atoms with Crippen molar-refractivity contribution in [1.82, 2.24) is 0 Å². The van der Waals surface area contributed by atoms with Crippen molar-refractivity contribution < 1.29 is 27.8 Å². The monoisotopic (exact) mass is 693 g/mol. The Hall–Kier alpha value is 0.0300. The average Bonchev–Trinajstić information content (AvgIpc) is 3.06. The van der Waals surface area contributed by atoms with E-state index < -0.39 is 7.82 Å². The van der Waals surface area contributed by atoms with Crippen molar-refractivity contribution in [1.29, 1.82) is 0 Å². The van der Waals surface area contributed by atoms with Gasteiger partial charge in [-0.3, -0.25) is 0 Å². The second-order valence-corrected chi connectivity index (χ2v) is 15.5. The van der Waals surface area contributed by atoms with Crippen LogP contribution in [-0.2, 0) is 9.09 Å². The van der Waals surface area contributed by atoms with Crippen LogP contribution < -0.4 is 9.79 Å². The summed E-state index contributed by atoms with van der Waals surface area (Å²) in [4.78, 5) is 20.0. The van der Waals surface area contributed by atoms with Crippen LogP contribution in [-0.4, -0.2) is 67.9 Å². The van der Waals surface area contributed by atoms with Crippen LogP contribution in [0.2, 0.25) is 0 Å². The molecule has 0 aliphatic rings. The molecule has 0 bridgehead atoms. The lowest BCUT2D eigenvalue weighted by Crippen LogP contribution is -2.50. The van der Waals surface area contributed by atoms with E-state index in [9.17, 15) is 14.4 Å². The largest absolute Gasteiger partial charge is 0.790 e. The molecule has 0 aliphatic heterocycles. The van der Waals surface area contributed by atoms with Crippen molar-refractivity contribution in [2.75, 3.05) is 59.0 Å². The Morgan fingerprint density at radius 1 is 0.362 bits per heavy atom. The van der Waals surface area contributed by atoms with Gasteiger partial charge >= 0.3 is 0 Å². The predicted octanol–water partition coefficient (Wildman–Crippen LogP) is 11.2. The van der Waals surface area contributed by atoms with Crippen molar-refractivity contribution >= 4 is 7.82 Å². The molecular formula is C40H89N2O4P. The van der Waals surface area contributed by atoms with Gasteiger partial charge in [0.1, 0.15) is 0 Å². The zero-order valence-electron chi connectivity index (χ0n) is 33.9. The topological polar surface area (TPSA) is 72.4 Å². The number of hydrogen-bond donors (Lipinski definition) is 0. The molecule has 47 heavy (non-hydrogen) atoms. The molecule has 0 radical (unpaired) electrons. The van der Waals surface area contributed by atoms with Crippen LogP contribution in [0.4, 0.5) is 0 Å². The van der Waals surface area contributed by atoms with E-state index in [0.29, 0.717) is 6.42 Å². The van der Waals surface area contributed by atoms with E-state index in [1.54, 1.807) is 0 Å². The molecule has 0 saturated heterocycles. The van der Waals surface area contributed by atoms with Gasteiger partial charge in [0.25, 0.3) is 0 Å². The lowest BCUT2D eigenvalue weighted by molar-refractivity contribution is -0.929. The smallest absolute Gasteiger partial charge is 0.0786 e. The van der Waals surface area contributed by atoms with Crippen LogP contribution in [0.3, 0.4) is 0 Å². The molecule has 0 aromatic heterocycles. The number of nitrogens with zero attached hydrogens (tertiary/aromatic N) is 2. The van der Waals surface area contributed by atoms with Crippen molar-refractivity contribution in [2.24, 2.45) is 0 Å². The third-order valence-corrected chi connectivity index (χ3v) is 10.1. The minimum absolute atomic E-state index is 0.0381. The molecule has 0 heterocycles. The molecule has 0 amide bonds. The maximum Gasteiger partial charge on any atom is 0.0786 e. The highest BCUT2D eigenvalue weighted by atomic mass is 31.2. The van der Waals surface area contributed by atoms with E-state index in [1.807, 2.05) is 0 Å². The van der Waals surface area contributed by atoms with Crippen molar-refractivity contribution in [2.45, 2.75) is 204 Å². The molecule has 0 atom stereocenters. The Morgan fingerprint density at radius 3 is 0.787 bits per heavy atom. The maximum absolute atomic E-state index is 10.0. The predicted molar refractivity (Wildman–Crippen MR) is 206 cm³/mol. The van der Waals surface area contributed by atoms with Gasteiger partial charge in [0.2, 0.25) is 0 Å². The quantitative estimate of drug-likeness (QED) is 0.0400. The summed E-state index contributed by atoms with van der Waals surface area (Å²) in [6.07, 6.45) is 28.4. The molecular weight excluding hydrogens is 603 g/mol. The second kappa shape index (κ2) is 37.3. The normalized spacial score (nSPS) is 12.0. The molecule has 0 aromatic carbocycles. The summed E-state index contributed by atoms with van der Waals surface area (Å²) in [7, 11) is -4.73. The number of hydrogen-bond acceptors (Lipinski definition) is 4. The van der Waals surface area contributed by atoms with Crippen LogP contribution >= 0.6 is 7.82 Å². The first-order chi connectivity index (χ1) is 22.5. The van der Waals surface area contributed by atoms with Gasteiger partial charge in [-0.15, -0.1) is 0 Å². The molecule has 0 aromatic rings. The summed E-state index contributed by atoms with van der Waals surface area (Å²) in [6, 6.07) is 0. The number of unbranched alkanes of at least 4 members (excludes halogenated alkanes) is 13. The van der Waals surface area contributed by atoms with Crippen LogP contribution in [0.1, 0.15) is 204 Å². The van der Waals surface area contributed by atoms with Gasteiger partial charge in [0, 0.05) is 0 Å². The molecule has 7 heteroatoms. The highest BCUT2D eigenvalue weighted by Gasteiger charge is 2.25. The van der Waals surface area contributed by atoms with E-state index in [4.69, 9.17) is 0 Å². The number of quaternary nitrogens is 2. The number of phosphoric ester groups is 1. The van der Waals surface area contributed by atoms with Crippen molar-refractivity contribution in [3.05, 3.63) is 0 Å². The third kappa shape index (κ3) is 35.7. The van der Waals surface area contributed by atoms with Gasteiger partial charge in [0.05, 0.1) is 66.8 Å². The zero-order valence-corrected chi connectivity index (χ0v) is 34.8. The van der Waals surface area contributed by atoms with Gasteiger partial charge in [0.15, 0.2) is 0 Å². The van der Waals surface area contributed by atoms with Crippen molar-refractivity contribution in [3.63, 3.8) is 0 Å². The fraction of sp³-hybridized carbons (Fsp3) is 1.00. The average molecular weight is 693 g/mol. The van der Waals surface area contributed by atoms with Gasteiger partial charge in [-0.2, -0.15) is 0 Å². The molecule has 0 rings (SSSR count). The molecule has 0 unspecified atom stereocenters. The summed E-state index contributed by atoms with van der Waals surface area (Å²) in [5.41, 5.74) is 0. The standard InChI is InChI=1S/2C16H36N.C8H19O4P/c2*1-5-9-13-17(14-10-6-2,15-11-7-3)16-12-8-4;1-2-3-4-5-6-7-8-12-13(9,10)11/h2*5-16H2,1-4H3;2-8H2,1H3,(H2,9,10,11)/q2*+1;/p-2. The van der Waals surface area contributed by atoms with Gasteiger partial charge < -0.3 is 27.8 Å². The summed E-state index contributed by atoms with van der Waals surface area (Å²) in [5.74, 6) is 0. The summed E-state index contributed by atoms with van der Waals surface area (Å²) in [6.45, 7) is 32.2. The maximum atomic E-state index is 10.0. The van der Waals surface area contributed by atoms with Gasteiger partial charge in [-0.1, -0.05) is 146 Å². The molecule has 6 nitrogen and oxygen atoms in total. The minimum atomic E-state index is -4.73. The Balaban J connectivity index is -0.000000625. The molecule has 0 fully saturated rings. The third-order valence-electron chi connectivity index (χ3n) is 9.64. The first-order valence-corrected chi connectivity index (χ1v) is 22.4. The van der Waals surface area contributed by atoms with Crippen LogP contribution in [0, 0.1) is 0 Å². The molecule has 0 N–H and O–H groups in total. The lowest BCUT2D eigenvalue weighted by Gasteiger charge is -2.39. The van der Waals surface area contributed by atoms with Crippen LogP contribution in [0.15, 0.2) is 0 Å². The molecule has 0 saturated carbocycles. The van der Waals surface area contributed by atoms with E-state index >= 15 is 0 Å². The van der Waals surface area contributed by atoms with E-state index in [1.165, 1.54) is 183 Å². The Kier molecular flexibility index (Phi) is 40.8. The van der Waals surface area contributed by atoms with E-state index in [2.05, 4.69) is 66.8 Å².